The quantitative estimate of drug-likeness (QED) is 0.207. The molecule has 40 heavy (non-hydrogen) atoms. The van der Waals surface area contributed by atoms with Crippen molar-refractivity contribution in [3.63, 3.8) is 0 Å². The molecule has 4 aliphatic rings. The van der Waals surface area contributed by atoms with Gasteiger partial charge in [-0.1, -0.05) is 97.1 Å². The van der Waals surface area contributed by atoms with Crippen LogP contribution in [0.4, 0.5) is 0 Å². The van der Waals surface area contributed by atoms with Crippen LogP contribution in [-0.4, -0.2) is 51.8 Å². The van der Waals surface area contributed by atoms with Gasteiger partial charge in [0.05, 0.1) is 39.6 Å². The minimum atomic E-state index is -0.249. The van der Waals surface area contributed by atoms with E-state index in [-0.39, 0.29) is 23.0 Å². The fourth-order valence-corrected chi connectivity index (χ4v) is 7.31. The van der Waals surface area contributed by atoms with E-state index in [0.717, 1.165) is 26.1 Å². The summed E-state index contributed by atoms with van der Waals surface area (Å²) in [7, 11) is 0. The van der Waals surface area contributed by atoms with E-state index >= 15 is 0 Å². The first-order chi connectivity index (χ1) is 19.8. The molecule has 2 unspecified atom stereocenters. The molecule has 0 spiro atoms. The van der Waals surface area contributed by atoms with Crippen LogP contribution in [-0.2, 0) is 29.8 Å². The van der Waals surface area contributed by atoms with Crippen LogP contribution in [0, 0.1) is 0 Å². The number of hydrogen-bond donors (Lipinski definition) is 0. The molecule has 0 aromatic heterocycles. The standard InChI is InChI=1S/C36H34O4/c1-5-13-31-27(9-1)28-10-2-6-14-32(28)35(31,23-37-19-25-21-39-25)17-18-36(24-38-20-26-22-40-26)33-15-7-3-11-29(33)30-12-4-8-16-34(30)36/h1-16,25-26H,17-24H2. The van der Waals surface area contributed by atoms with Gasteiger partial charge in [0.2, 0.25) is 0 Å². The number of ether oxygens (including phenoxy) is 4. The molecular weight excluding hydrogens is 496 g/mol. The van der Waals surface area contributed by atoms with Crippen LogP contribution in [0.1, 0.15) is 35.1 Å². The Bertz CT molecular complexity index is 1340. The van der Waals surface area contributed by atoms with Crippen molar-refractivity contribution in [1.29, 1.82) is 0 Å². The molecule has 2 aliphatic heterocycles. The van der Waals surface area contributed by atoms with Crippen LogP contribution in [0.25, 0.3) is 22.3 Å². The first-order valence-corrected chi connectivity index (χ1v) is 14.6. The van der Waals surface area contributed by atoms with Gasteiger partial charge in [-0.05, 0) is 57.3 Å². The summed E-state index contributed by atoms with van der Waals surface area (Å²) >= 11 is 0. The van der Waals surface area contributed by atoms with Crippen molar-refractivity contribution in [2.45, 2.75) is 35.9 Å². The molecule has 0 saturated carbocycles. The van der Waals surface area contributed by atoms with Gasteiger partial charge in [-0.3, -0.25) is 0 Å². The highest BCUT2D eigenvalue weighted by atomic mass is 16.6. The average Bonchev–Trinajstić information content (AvgIpc) is 3.95. The Morgan fingerprint density at radius 1 is 0.500 bits per heavy atom. The van der Waals surface area contributed by atoms with E-state index in [0.29, 0.717) is 26.4 Å². The summed E-state index contributed by atoms with van der Waals surface area (Å²) in [5.41, 5.74) is 10.3. The topological polar surface area (TPSA) is 43.5 Å². The van der Waals surface area contributed by atoms with Crippen molar-refractivity contribution < 1.29 is 18.9 Å². The van der Waals surface area contributed by atoms with Gasteiger partial charge in [0.25, 0.3) is 0 Å². The Morgan fingerprint density at radius 3 is 1.10 bits per heavy atom. The van der Waals surface area contributed by atoms with Crippen molar-refractivity contribution in [3.05, 3.63) is 119 Å². The van der Waals surface area contributed by atoms with Crippen LogP contribution in [0.2, 0.25) is 0 Å². The molecule has 2 saturated heterocycles. The lowest BCUT2D eigenvalue weighted by Crippen LogP contribution is -2.38. The zero-order valence-corrected chi connectivity index (χ0v) is 22.7. The van der Waals surface area contributed by atoms with Crippen LogP contribution >= 0.6 is 0 Å². The first kappa shape index (κ1) is 24.5. The van der Waals surface area contributed by atoms with Gasteiger partial charge in [-0.15, -0.1) is 0 Å². The summed E-state index contributed by atoms with van der Waals surface area (Å²) in [5.74, 6) is 0. The third kappa shape index (κ3) is 3.97. The summed E-state index contributed by atoms with van der Waals surface area (Å²) in [4.78, 5) is 0. The minimum absolute atomic E-state index is 0.238. The molecule has 2 atom stereocenters. The number of fused-ring (bicyclic) bond motifs is 6. The maximum atomic E-state index is 6.49. The fraction of sp³-hybridized carbons (Fsp3) is 0.333. The van der Waals surface area contributed by atoms with E-state index < -0.39 is 0 Å². The molecule has 8 rings (SSSR count). The van der Waals surface area contributed by atoms with Gasteiger partial charge in [0, 0.05) is 10.8 Å². The third-order valence-electron chi connectivity index (χ3n) is 9.44. The Morgan fingerprint density at radius 2 is 0.800 bits per heavy atom. The maximum Gasteiger partial charge on any atom is 0.104 e. The number of hydrogen-bond acceptors (Lipinski definition) is 4. The van der Waals surface area contributed by atoms with Crippen LogP contribution in [0.15, 0.2) is 97.1 Å². The van der Waals surface area contributed by atoms with Crippen LogP contribution in [0.5, 0.6) is 0 Å². The van der Waals surface area contributed by atoms with E-state index in [9.17, 15) is 0 Å². The maximum absolute atomic E-state index is 6.49. The number of rotatable bonds is 11. The van der Waals surface area contributed by atoms with Crippen molar-refractivity contribution in [2.75, 3.05) is 39.6 Å². The molecule has 202 valence electrons. The van der Waals surface area contributed by atoms with Crippen molar-refractivity contribution in [3.8, 4) is 22.3 Å². The normalized spacial score (nSPS) is 21.8. The van der Waals surface area contributed by atoms with Gasteiger partial charge in [-0.25, -0.2) is 0 Å². The second kappa shape index (κ2) is 9.67. The second-order valence-corrected chi connectivity index (χ2v) is 11.8. The first-order valence-electron chi connectivity index (χ1n) is 14.6. The lowest BCUT2D eigenvalue weighted by Gasteiger charge is -2.38. The molecular formula is C36H34O4. The molecule has 2 heterocycles. The molecule has 4 aromatic carbocycles. The van der Waals surface area contributed by atoms with E-state index in [4.69, 9.17) is 18.9 Å². The van der Waals surface area contributed by atoms with E-state index in [1.54, 1.807) is 0 Å². The lowest BCUT2D eigenvalue weighted by atomic mass is 9.67. The van der Waals surface area contributed by atoms with Gasteiger partial charge in [0.1, 0.15) is 12.2 Å². The largest absolute Gasteiger partial charge is 0.377 e. The van der Waals surface area contributed by atoms with Gasteiger partial charge in [0.15, 0.2) is 0 Å². The molecule has 0 N–H and O–H groups in total. The average molecular weight is 531 g/mol. The van der Waals surface area contributed by atoms with Crippen LogP contribution in [0.3, 0.4) is 0 Å². The number of epoxide rings is 2. The minimum Gasteiger partial charge on any atom is -0.377 e. The number of benzene rings is 4. The summed E-state index contributed by atoms with van der Waals surface area (Å²) < 4.78 is 24.0. The molecule has 4 aromatic rings. The summed E-state index contributed by atoms with van der Waals surface area (Å²) in [6.45, 7) is 4.17. The Kier molecular flexibility index (Phi) is 5.93. The predicted octanol–water partition coefficient (Wildman–Crippen LogP) is 6.53. The molecule has 2 fully saturated rings. The van der Waals surface area contributed by atoms with Crippen molar-refractivity contribution in [1.82, 2.24) is 0 Å². The van der Waals surface area contributed by atoms with E-state index in [2.05, 4.69) is 97.1 Å². The van der Waals surface area contributed by atoms with E-state index in [1.165, 1.54) is 44.5 Å². The Balaban J connectivity index is 1.23. The monoisotopic (exact) mass is 530 g/mol. The predicted molar refractivity (Wildman–Crippen MR) is 156 cm³/mol. The van der Waals surface area contributed by atoms with Gasteiger partial charge >= 0.3 is 0 Å². The highest BCUT2D eigenvalue weighted by Crippen LogP contribution is 2.56. The SMILES string of the molecule is c1ccc2c(c1)-c1ccccc1C2(CCC1(COCC2CO2)c2ccccc2-c2ccccc21)COCC1CO1. The highest BCUT2D eigenvalue weighted by molar-refractivity contribution is 5.82. The summed E-state index contributed by atoms with van der Waals surface area (Å²) in [6.07, 6.45) is 2.36. The Hall–Kier alpha value is -3.28. The molecule has 4 heteroatoms. The van der Waals surface area contributed by atoms with Crippen molar-refractivity contribution >= 4 is 0 Å². The molecule has 2 aliphatic carbocycles. The highest BCUT2D eigenvalue weighted by Gasteiger charge is 2.49. The van der Waals surface area contributed by atoms with Crippen molar-refractivity contribution in [2.24, 2.45) is 0 Å². The van der Waals surface area contributed by atoms with Gasteiger partial charge in [-0.2, -0.15) is 0 Å². The third-order valence-corrected chi connectivity index (χ3v) is 9.44. The second-order valence-electron chi connectivity index (χ2n) is 11.8. The smallest absolute Gasteiger partial charge is 0.104 e. The lowest BCUT2D eigenvalue weighted by molar-refractivity contribution is 0.0640. The summed E-state index contributed by atoms with van der Waals surface area (Å²) in [5, 5.41) is 0. The van der Waals surface area contributed by atoms with Gasteiger partial charge < -0.3 is 18.9 Å². The van der Waals surface area contributed by atoms with E-state index in [1.807, 2.05) is 0 Å². The zero-order valence-electron chi connectivity index (χ0n) is 22.7. The zero-order chi connectivity index (χ0) is 26.6. The Labute approximate surface area is 235 Å². The van der Waals surface area contributed by atoms with Crippen LogP contribution < -0.4 is 0 Å². The molecule has 0 bridgehead atoms. The molecule has 0 amide bonds. The molecule has 0 radical (unpaired) electrons. The fourth-order valence-electron chi connectivity index (χ4n) is 7.31. The molecule has 4 nitrogen and oxygen atoms in total. The summed E-state index contributed by atoms with van der Waals surface area (Å²) in [6, 6.07) is 35.7.